The van der Waals surface area contributed by atoms with Crippen LogP contribution >= 0.6 is 24.0 Å². The maximum absolute atomic E-state index is 7.97. The van der Waals surface area contributed by atoms with Gasteiger partial charge in [0.2, 0.25) is 0 Å². The maximum Gasteiger partial charge on any atom is 0.174 e. The van der Waals surface area contributed by atoms with Gasteiger partial charge in [-0.3, -0.25) is 16.3 Å². The fourth-order valence-corrected chi connectivity index (χ4v) is 1.95. The van der Waals surface area contributed by atoms with Gasteiger partial charge >= 0.3 is 0 Å². The van der Waals surface area contributed by atoms with Crippen LogP contribution < -0.4 is 16.3 Å². The van der Waals surface area contributed by atoms with Crippen molar-refractivity contribution in [2.24, 2.45) is 0 Å². The number of anilines is 2. The van der Waals surface area contributed by atoms with Crippen LogP contribution in [0.3, 0.4) is 0 Å². The summed E-state index contributed by atoms with van der Waals surface area (Å²) in [6.07, 6.45) is 0. The van der Waals surface area contributed by atoms with Crippen molar-refractivity contribution >= 4 is 46.5 Å². The maximum atomic E-state index is 7.97. The van der Waals surface area contributed by atoms with E-state index < -0.39 is 0 Å². The second-order valence-electron chi connectivity index (χ2n) is 3.90. The minimum atomic E-state index is 0. The van der Waals surface area contributed by atoms with E-state index in [0.29, 0.717) is 27.6 Å². The molecule has 0 amide bonds. The predicted octanol–water partition coefficient (Wildman–Crippen LogP) is 2.17. The molecule has 1 aliphatic heterocycles. The monoisotopic (exact) mass is 298 g/mol. The largest absolute Gasteiger partial charge is 0.295 e. The van der Waals surface area contributed by atoms with Gasteiger partial charge in [-0.25, -0.2) is 9.97 Å². The Labute approximate surface area is 120 Å². The number of hydrazine groups is 2. The van der Waals surface area contributed by atoms with E-state index >= 15 is 0 Å². The number of benzene rings is 1. The Bertz CT molecular complexity index is 690. The molecular weight excluding hydrogens is 287 g/mol. The highest BCUT2D eigenvalue weighted by molar-refractivity contribution is 6.31. The Hall–Kier alpha value is -1.63. The zero-order valence-corrected chi connectivity index (χ0v) is 11.6. The molecule has 2 aromatic rings. The van der Waals surface area contributed by atoms with Gasteiger partial charge < -0.3 is 0 Å². The summed E-state index contributed by atoms with van der Waals surface area (Å²) in [7, 11) is 0. The molecule has 100 valence electrons. The number of aromatic nitrogens is 2. The highest BCUT2D eigenvalue weighted by atomic mass is 35.5. The molecule has 3 N–H and O–H groups in total. The summed E-state index contributed by atoms with van der Waals surface area (Å²) in [5, 5.41) is 10.3. The molecule has 0 spiro atoms. The second-order valence-corrected chi connectivity index (χ2v) is 4.33. The van der Waals surface area contributed by atoms with Crippen molar-refractivity contribution in [1.29, 1.82) is 5.41 Å². The molecule has 19 heavy (non-hydrogen) atoms. The molecule has 0 saturated heterocycles. The Balaban J connectivity index is 0.00000133. The first-order valence-corrected chi connectivity index (χ1v) is 5.92. The van der Waals surface area contributed by atoms with E-state index in [9.17, 15) is 0 Å². The Morgan fingerprint density at radius 1 is 1.26 bits per heavy atom. The molecule has 0 radical (unpaired) electrons. The molecule has 0 aliphatic carbocycles. The lowest BCUT2D eigenvalue weighted by Gasteiger charge is -2.12. The molecule has 3 rings (SSSR count). The lowest BCUT2D eigenvalue weighted by molar-refractivity contribution is 0.434. The molecule has 8 heteroatoms. The second kappa shape index (κ2) is 5.16. The van der Waals surface area contributed by atoms with Crippen LogP contribution in [-0.4, -0.2) is 21.6 Å². The van der Waals surface area contributed by atoms with Crippen molar-refractivity contribution in [3.8, 4) is 0 Å². The number of fused-ring (bicyclic) bond motifs is 2. The van der Waals surface area contributed by atoms with Gasteiger partial charge in [-0.1, -0.05) is 11.6 Å². The van der Waals surface area contributed by atoms with Crippen LogP contribution in [0, 0.1) is 5.41 Å². The fraction of sp³-hybridized carbons (Fsp3) is 0.182. The number of nitrogens with one attached hydrogen (secondary N) is 3. The third kappa shape index (κ3) is 2.42. The van der Waals surface area contributed by atoms with Crippen LogP contribution in [0.5, 0.6) is 0 Å². The first kappa shape index (κ1) is 13.8. The number of hydrogen-bond donors (Lipinski definition) is 3. The Kier molecular flexibility index (Phi) is 3.75. The minimum absolute atomic E-state index is 0. The quantitative estimate of drug-likeness (QED) is 0.752. The standard InChI is InChI=1S/C11H11ClN6.ClH/c1-2-18-16-9-10(13)14-8-5-6(12)3-4-7(8)15-11(9)17-18;/h3-5,13,16-17H,2H2,1H3;1H. The number of hydrogen-bond acceptors (Lipinski definition) is 6. The van der Waals surface area contributed by atoms with E-state index in [1.165, 1.54) is 0 Å². The van der Waals surface area contributed by atoms with E-state index in [1.54, 1.807) is 23.3 Å². The molecule has 0 saturated carbocycles. The molecular formula is C11H12Cl2N6. The van der Waals surface area contributed by atoms with Crippen molar-refractivity contribution in [2.45, 2.75) is 6.92 Å². The summed E-state index contributed by atoms with van der Waals surface area (Å²) in [6.45, 7) is 2.73. The summed E-state index contributed by atoms with van der Waals surface area (Å²) < 4.78 is 0. The Morgan fingerprint density at radius 2 is 2.05 bits per heavy atom. The van der Waals surface area contributed by atoms with Crippen molar-refractivity contribution in [1.82, 2.24) is 15.1 Å². The van der Waals surface area contributed by atoms with E-state index in [0.717, 1.165) is 6.54 Å². The van der Waals surface area contributed by atoms with Gasteiger partial charge in [-0.15, -0.1) is 17.5 Å². The summed E-state index contributed by atoms with van der Waals surface area (Å²) >= 11 is 5.92. The zero-order valence-electron chi connectivity index (χ0n) is 10.1. The Morgan fingerprint density at radius 3 is 2.79 bits per heavy atom. The molecule has 6 nitrogen and oxygen atoms in total. The van der Waals surface area contributed by atoms with Gasteiger partial charge in [0.25, 0.3) is 0 Å². The van der Waals surface area contributed by atoms with Crippen LogP contribution in [0.1, 0.15) is 6.92 Å². The topological polar surface area (TPSA) is 76.9 Å². The third-order valence-corrected chi connectivity index (χ3v) is 2.91. The van der Waals surface area contributed by atoms with Gasteiger partial charge in [0, 0.05) is 11.6 Å². The summed E-state index contributed by atoms with van der Waals surface area (Å²) in [4.78, 5) is 8.69. The van der Waals surface area contributed by atoms with Crippen LogP contribution in [0.25, 0.3) is 11.0 Å². The van der Waals surface area contributed by atoms with Crippen molar-refractivity contribution < 1.29 is 0 Å². The van der Waals surface area contributed by atoms with Crippen molar-refractivity contribution in [2.75, 3.05) is 17.4 Å². The summed E-state index contributed by atoms with van der Waals surface area (Å²) in [5.74, 6) is 0.603. The lowest BCUT2D eigenvalue weighted by atomic mass is 10.3. The number of nitrogens with zero attached hydrogens (tertiary/aromatic N) is 3. The molecule has 1 aromatic carbocycles. The third-order valence-electron chi connectivity index (χ3n) is 2.68. The van der Waals surface area contributed by atoms with Crippen molar-refractivity contribution in [3.63, 3.8) is 0 Å². The van der Waals surface area contributed by atoms with Crippen LogP contribution in [0.15, 0.2) is 18.2 Å². The lowest BCUT2D eigenvalue weighted by Crippen LogP contribution is -2.30. The van der Waals surface area contributed by atoms with E-state index in [-0.39, 0.29) is 17.9 Å². The molecule has 2 heterocycles. The predicted molar refractivity (Wildman–Crippen MR) is 77.3 cm³/mol. The van der Waals surface area contributed by atoms with Gasteiger partial charge in [0.1, 0.15) is 5.69 Å². The van der Waals surface area contributed by atoms with Crippen LogP contribution in [0.4, 0.5) is 11.5 Å². The highest BCUT2D eigenvalue weighted by Gasteiger charge is 2.19. The summed E-state index contributed by atoms with van der Waals surface area (Å²) in [5.41, 5.74) is 8.12. The number of rotatable bonds is 1. The van der Waals surface area contributed by atoms with Gasteiger partial charge in [0.05, 0.1) is 11.0 Å². The average Bonchev–Trinajstić information content (AvgIpc) is 2.71. The molecule has 1 aliphatic rings. The SMILES string of the molecule is CCN1Nc2nc3ccc(Cl)cc3nc(=N)c2N1.Cl. The van der Waals surface area contributed by atoms with Gasteiger partial charge in [-0.05, 0) is 25.1 Å². The first-order valence-electron chi connectivity index (χ1n) is 5.54. The van der Waals surface area contributed by atoms with E-state index in [1.807, 2.05) is 6.92 Å². The molecule has 0 bridgehead atoms. The van der Waals surface area contributed by atoms with Crippen LogP contribution in [0.2, 0.25) is 5.02 Å². The van der Waals surface area contributed by atoms with E-state index in [2.05, 4.69) is 20.8 Å². The molecule has 0 unspecified atom stereocenters. The molecule has 0 fully saturated rings. The van der Waals surface area contributed by atoms with Gasteiger partial charge in [0.15, 0.2) is 11.3 Å². The normalized spacial score (nSPS) is 13.4. The highest BCUT2D eigenvalue weighted by Crippen LogP contribution is 2.23. The summed E-state index contributed by atoms with van der Waals surface area (Å²) in [6, 6.07) is 5.25. The fourth-order valence-electron chi connectivity index (χ4n) is 1.78. The van der Waals surface area contributed by atoms with E-state index in [4.69, 9.17) is 17.0 Å². The van der Waals surface area contributed by atoms with Gasteiger partial charge in [-0.2, -0.15) is 0 Å². The number of halogens is 2. The molecule has 1 aromatic heterocycles. The first-order chi connectivity index (χ1) is 8.67. The molecule has 0 atom stereocenters. The minimum Gasteiger partial charge on any atom is -0.295 e. The van der Waals surface area contributed by atoms with Crippen molar-refractivity contribution in [3.05, 3.63) is 28.7 Å². The average molecular weight is 299 g/mol. The zero-order chi connectivity index (χ0) is 12.7. The smallest absolute Gasteiger partial charge is 0.174 e. The van der Waals surface area contributed by atoms with Crippen LogP contribution in [-0.2, 0) is 0 Å².